The minimum Gasteiger partial charge on any atom is -0.390 e. The first-order valence-corrected chi connectivity index (χ1v) is 7.57. The van der Waals surface area contributed by atoms with Gasteiger partial charge in [0, 0.05) is 6.04 Å². The fraction of sp³-hybridized carbons (Fsp3) is 1.00. The summed E-state index contributed by atoms with van der Waals surface area (Å²) < 4.78 is 0. The summed E-state index contributed by atoms with van der Waals surface area (Å²) in [5.74, 6) is 1.52. The van der Waals surface area contributed by atoms with Crippen LogP contribution in [0.1, 0.15) is 64.7 Å². The lowest BCUT2D eigenvalue weighted by Gasteiger charge is -2.44. The maximum Gasteiger partial charge on any atom is 0.0677 e. The number of hydrogen-bond donors (Lipinski definition) is 2. The molecular weight excluding hydrogens is 210 g/mol. The Hall–Kier alpha value is -0.0800. The van der Waals surface area contributed by atoms with Gasteiger partial charge in [0.1, 0.15) is 0 Å². The zero-order valence-electron chi connectivity index (χ0n) is 11.5. The summed E-state index contributed by atoms with van der Waals surface area (Å²) in [6.07, 6.45) is 10.9. The number of aliphatic hydroxyl groups is 1. The highest BCUT2D eigenvalue weighted by Crippen LogP contribution is 2.43. The lowest BCUT2D eigenvalue weighted by Crippen LogP contribution is -2.46. The van der Waals surface area contributed by atoms with Crippen molar-refractivity contribution in [2.24, 2.45) is 11.8 Å². The molecule has 2 rings (SSSR count). The SMILES string of the molecule is CCC1CCC(C2(O)CCC(NC)CC2)CC1. The molecule has 2 aliphatic rings. The molecule has 100 valence electrons. The van der Waals surface area contributed by atoms with Gasteiger partial charge in [0.2, 0.25) is 0 Å². The van der Waals surface area contributed by atoms with Crippen LogP contribution in [0.2, 0.25) is 0 Å². The van der Waals surface area contributed by atoms with E-state index in [0.717, 1.165) is 31.6 Å². The van der Waals surface area contributed by atoms with Gasteiger partial charge in [-0.25, -0.2) is 0 Å². The van der Waals surface area contributed by atoms with Crippen LogP contribution in [0.15, 0.2) is 0 Å². The van der Waals surface area contributed by atoms with Gasteiger partial charge >= 0.3 is 0 Å². The maximum absolute atomic E-state index is 10.8. The minimum atomic E-state index is -0.327. The Morgan fingerprint density at radius 1 is 1.06 bits per heavy atom. The van der Waals surface area contributed by atoms with Crippen LogP contribution in [0, 0.1) is 11.8 Å². The summed E-state index contributed by atoms with van der Waals surface area (Å²) >= 11 is 0. The van der Waals surface area contributed by atoms with Crippen LogP contribution < -0.4 is 5.32 Å². The molecule has 0 amide bonds. The molecule has 0 unspecified atom stereocenters. The van der Waals surface area contributed by atoms with Crippen LogP contribution in [0.4, 0.5) is 0 Å². The van der Waals surface area contributed by atoms with E-state index in [1.54, 1.807) is 0 Å². The van der Waals surface area contributed by atoms with Crippen molar-refractivity contribution in [3.63, 3.8) is 0 Å². The molecule has 0 saturated heterocycles. The highest BCUT2D eigenvalue weighted by molar-refractivity contribution is 4.94. The van der Waals surface area contributed by atoms with E-state index in [4.69, 9.17) is 0 Å². The van der Waals surface area contributed by atoms with E-state index in [2.05, 4.69) is 12.2 Å². The smallest absolute Gasteiger partial charge is 0.0677 e. The molecule has 0 aromatic carbocycles. The van der Waals surface area contributed by atoms with Gasteiger partial charge in [-0.05, 0) is 57.4 Å². The summed E-state index contributed by atoms with van der Waals surface area (Å²) in [7, 11) is 2.04. The van der Waals surface area contributed by atoms with Gasteiger partial charge in [-0.3, -0.25) is 0 Å². The van der Waals surface area contributed by atoms with Crippen molar-refractivity contribution >= 4 is 0 Å². The molecule has 0 radical (unpaired) electrons. The van der Waals surface area contributed by atoms with E-state index in [1.807, 2.05) is 7.05 Å². The van der Waals surface area contributed by atoms with E-state index < -0.39 is 0 Å². The molecule has 0 spiro atoms. The normalized spacial score (nSPS) is 43.6. The minimum absolute atomic E-state index is 0.327. The van der Waals surface area contributed by atoms with Crippen LogP contribution in [0.3, 0.4) is 0 Å². The predicted molar refractivity (Wildman–Crippen MR) is 72.0 cm³/mol. The van der Waals surface area contributed by atoms with Gasteiger partial charge in [0.05, 0.1) is 5.60 Å². The molecule has 2 fully saturated rings. The second-order valence-corrected chi connectivity index (χ2v) is 6.29. The summed E-state index contributed by atoms with van der Waals surface area (Å²) in [5.41, 5.74) is -0.327. The Bertz CT molecular complexity index is 225. The van der Waals surface area contributed by atoms with Crippen LogP contribution in [0.25, 0.3) is 0 Å². The Morgan fingerprint density at radius 3 is 2.12 bits per heavy atom. The molecule has 2 N–H and O–H groups in total. The van der Waals surface area contributed by atoms with Crippen molar-refractivity contribution in [3.8, 4) is 0 Å². The zero-order valence-corrected chi connectivity index (χ0v) is 11.5. The summed E-state index contributed by atoms with van der Waals surface area (Å²) in [6.45, 7) is 2.30. The van der Waals surface area contributed by atoms with E-state index in [1.165, 1.54) is 32.1 Å². The first-order chi connectivity index (χ1) is 8.18. The second-order valence-electron chi connectivity index (χ2n) is 6.29. The highest BCUT2D eigenvalue weighted by Gasteiger charge is 2.40. The highest BCUT2D eigenvalue weighted by atomic mass is 16.3. The third-order valence-electron chi connectivity index (χ3n) is 5.44. The molecule has 0 aromatic rings. The fourth-order valence-electron chi connectivity index (χ4n) is 3.92. The predicted octanol–water partition coefficient (Wildman–Crippen LogP) is 3.10. The summed E-state index contributed by atoms with van der Waals surface area (Å²) in [6, 6.07) is 0.641. The van der Waals surface area contributed by atoms with Gasteiger partial charge in [-0.2, -0.15) is 0 Å². The third kappa shape index (κ3) is 3.03. The molecular formula is C15H29NO. The van der Waals surface area contributed by atoms with Crippen LogP contribution >= 0.6 is 0 Å². The Kier molecular flexibility index (Phi) is 4.48. The zero-order chi connectivity index (χ0) is 12.3. The molecule has 0 aliphatic heterocycles. The van der Waals surface area contributed by atoms with Gasteiger partial charge in [-0.1, -0.05) is 26.2 Å². The van der Waals surface area contributed by atoms with E-state index in [0.29, 0.717) is 12.0 Å². The molecule has 0 heterocycles. The van der Waals surface area contributed by atoms with Crippen molar-refractivity contribution in [2.75, 3.05) is 7.05 Å². The lowest BCUT2D eigenvalue weighted by molar-refractivity contribution is -0.0699. The average Bonchev–Trinajstić information content (AvgIpc) is 2.40. The van der Waals surface area contributed by atoms with Gasteiger partial charge in [0.25, 0.3) is 0 Å². The molecule has 17 heavy (non-hydrogen) atoms. The van der Waals surface area contributed by atoms with Crippen molar-refractivity contribution < 1.29 is 5.11 Å². The molecule has 2 heteroatoms. The van der Waals surface area contributed by atoms with Crippen LogP contribution in [0.5, 0.6) is 0 Å². The molecule has 0 atom stereocenters. The van der Waals surface area contributed by atoms with Gasteiger partial charge in [0.15, 0.2) is 0 Å². The molecule has 2 aliphatic carbocycles. The largest absolute Gasteiger partial charge is 0.390 e. The maximum atomic E-state index is 10.8. The number of nitrogens with one attached hydrogen (secondary N) is 1. The first-order valence-electron chi connectivity index (χ1n) is 7.57. The monoisotopic (exact) mass is 239 g/mol. The van der Waals surface area contributed by atoms with Crippen molar-refractivity contribution in [3.05, 3.63) is 0 Å². The number of hydrogen-bond acceptors (Lipinski definition) is 2. The van der Waals surface area contributed by atoms with Crippen LogP contribution in [-0.4, -0.2) is 23.8 Å². The summed E-state index contributed by atoms with van der Waals surface area (Å²) in [5, 5.41) is 14.2. The molecule has 0 aromatic heterocycles. The fourth-order valence-corrected chi connectivity index (χ4v) is 3.92. The standard InChI is InChI=1S/C15H29NO/c1-3-12-4-6-13(7-5-12)15(17)10-8-14(16-2)9-11-15/h12-14,16-17H,3-11H2,1-2H3. The summed E-state index contributed by atoms with van der Waals surface area (Å²) in [4.78, 5) is 0. The molecule has 2 saturated carbocycles. The van der Waals surface area contributed by atoms with Gasteiger partial charge < -0.3 is 10.4 Å². The van der Waals surface area contributed by atoms with Crippen LogP contribution in [-0.2, 0) is 0 Å². The lowest BCUT2D eigenvalue weighted by atomic mass is 9.67. The topological polar surface area (TPSA) is 32.3 Å². The average molecular weight is 239 g/mol. The van der Waals surface area contributed by atoms with Crippen molar-refractivity contribution in [1.29, 1.82) is 0 Å². The Morgan fingerprint density at radius 2 is 1.65 bits per heavy atom. The quantitative estimate of drug-likeness (QED) is 0.793. The van der Waals surface area contributed by atoms with E-state index >= 15 is 0 Å². The van der Waals surface area contributed by atoms with Gasteiger partial charge in [-0.15, -0.1) is 0 Å². The Labute approximate surface area is 106 Å². The number of rotatable bonds is 3. The van der Waals surface area contributed by atoms with Crippen molar-refractivity contribution in [1.82, 2.24) is 5.32 Å². The van der Waals surface area contributed by atoms with Crippen molar-refractivity contribution in [2.45, 2.75) is 76.4 Å². The molecule has 2 nitrogen and oxygen atoms in total. The van der Waals surface area contributed by atoms with E-state index in [9.17, 15) is 5.11 Å². The second kappa shape index (κ2) is 5.71. The first kappa shape index (κ1) is 13.4. The Balaban J connectivity index is 1.85. The van der Waals surface area contributed by atoms with E-state index in [-0.39, 0.29) is 5.60 Å². The molecule has 0 bridgehead atoms. The third-order valence-corrected chi connectivity index (χ3v) is 5.44.